The normalized spacial score (nSPS) is 12.4. The summed E-state index contributed by atoms with van der Waals surface area (Å²) in [5.41, 5.74) is 31.7. The average Bonchev–Trinajstić information content (AvgIpc) is 3.60. The second kappa shape index (κ2) is 16.0. The van der Waals surface area contributed by atoms with Crippen molar-refractivity contribution >= 4 is 5.69 Å². The summed E-state index contributed by atoms with van der Waals surface area (Å²) in [5, 5.41) is 0. The van der Waals surface area contributed by atoms with Crippen LogP contribution < -0.4 is 5.73 Å². The Morgan fingerprint density at radius 3 is 1.03 bits per heavy atom. The van der Waals surface area contributed by atoms with Gasteiger partial charge in [0.1, 0.15) is 0 Å². The number of fused-ring (bicyclic) bond motifs is 3. The predicted molar refractivity (Wildman–Crippen MR) is 272 cm³/mol. The maximum atomic E-state index is 7.97. The number of hydrogen-bond acceptors (Lipinski definition) is 1. The Hall–Kier alpha value is -8.00. The summed E-state index contributed by atoms with van der Waals surface area (Å²) in [6.07, 6.45) is 0. The summed E-state index contributed by atoms with van der Waals surface area (Å²) in [6.45, 7) is 4.79. The van der Waals surface area contributed by atoms with Gasteiger partial charge in [-0.1, -0.05) is 226 Å². The highest BCUT2D eigenvalue weighted by atomic mass is 14.6. The first-order chi connectivity index (χ1) is 31.4. The number of anilines is 1. The third kappa shape index (κ3) is 6.74. The van der Waals surface area contributed by atoms with Crippen LogP contribution in [0.2, 0.25) is 0 Å². The lowest BCUT2D eigenvalue weighted by Gasteiger charge is -2.29. The molecule has 0 radical (unpaired) electrons. The number of nitrogen functional groups attached to an aromatic ring is 1. The van der Waals surface area contributed by atoms with Crippen LogP contribution in [0.25, 0.3) is 100 Å². The van der Waals surface area contributed by atoms with Crippen LogP contribution in [0.5, 0.6) is 0 Å². The van der Waals surface area contributed by atoms with Crippen molar-refractivity contribution in [2.75, 3.05) is 5.73 Å². The molecule has 0 heterocycles. The van der Waals surface area contributed by atoms with Crippen LogP contribution in [0.4, 0.5) is 5.69 Å². The molecule has 2 N–H and O–H groups in total. The van der Waals surface area contributed by atoms with Crippen molar-refractivity contribution in [1.82, 2.24) is 0 Å². The monoisotopic (exact) mass is 817 g/mol. The number of benzene rings is 10. The van der Waals surface area contributed by atoms with E-state index < -0.39 is 5.41 Å². The molecule has 1 aliphatic rings. The summed E-state index contributed by atoms with van der Waals surface area (Å²) in [5.74, 6) is 0. The summed E-state index contributed by atoms with van der Waals surface area (Å²) in [4.78, 5) is 0. The van der Waals surface area contributed by atoms with Gasteiger partial charge in [0.05, 0.1) is 0 Å². The Bertz CT molecular complexity index is 3330. The van der Waals surface area contributed by atoms with E-state index in [-0.39, 0.29) is 0 Å². The van der Waals surface area contributed by atoms with Crippen LogP contribution in [0.1, 0.15) is 25.0 Å². The summed E-state index contributed by atoms with van der Waals surface area (Å²) in [6, 6.07) is 85.7. The molecule has 0 aliphatic heterocycles. The van der Waals surface area contributed by atoms with Crippen LogP contribution in [-0.2, 0) is 5.41 Å². The van der Waals surface area contributed by atoms with Gasteiger partial charge in [-0.3, -0.25) is 0 Å². The molecule has 0 saturated carbocycles. The van der Waals surface area contributed by atoms with Gasteiger partial charge in [0.25, 0.3) is 0 Å². The molecule has 1 heteroatoms. The number of rotatable bonds is 8. The second-order valence-electron chi connectivity index (χ2n) is 17.4. The highest BCUT2D eigenvalue weighted by Crippen LogP contribution is 2.62. The molecule has 304 valence electrons. The van der Waals surface area contributed by atoms with Gasteiger partial charge in [0.15, 0.2) is 0 Å². The van der Waals surface area contributed by atoms with Crippen LogP contribution in [0.15, 0.2) is 237 Å². The van der Waals surface area contributed by atoms with E-state index >= 15 is 0 Å². The van der Waals surface area contributed by atoms with Crippen LogP contribution in [0, 0.1) is 0 Å². The molecule has 0 bridgehead atoms. The zero-order valence-corrected chi connectivity index (χ0v) is 36.1. The van der Waals surface area contributed by atoms with Crippen molar-refractivity contribution in [3.05, 3.63) is 248 Å². The van der Waals surface area contributed by atoms with Crippen LogP contribution in [-0.4, -0.2) is 0 Å². The average molecular weight is 818 g/mol. The number of hydrogen-bond donors (Lipinski definition) is 1. The molecule has 0 unspecified atom stereocenters. The minimum atomic E-state index is -0.417. The Kier molecular flexibility index (Phi) is 9.75. The van der Waals surface area contributed by atoms with E-state index in [1.807, 2.05) is 0 Å². The Morgan fingerprint density at radius 2 is 0.594 bits per heavy atom. The maximum absolute atomic E-state index is 7.97. The molecule has 1 nitrogen and oxygen atoms in total. The van der Waals surface area contributed by atoms with E-state index in [2.05, 4.69) is 250 Å². The van der Waals surface area contributed by atoms with Crippen molar-refractivity contribution in [2.24, 2.45) is 0 Å². The highest BCUT2D eigenvalue weighted by molar-refractivity contribution is 6.13. The SMILES string of the molecule is CC1(C)c2cccc(-c3cccc(-c4ccccc4)c3)c2-c2c(-c3cccc(-c4ccccc4)c3)c(-c3cccc(-c4ccccc4)c3)c(N)c(-c3cccc(-c4ccccc4)c3)c21. The van der Waals surface area contributed by atoms with Gasteiger partial charge >= 0.3 is 0 Å². The molecule has 0 fully saturated rings. The lowest BCUT2D eigenvalue weighted by Crippen LogP contribution is -2.17. The fraction of sp³-hybridized carbons (Fsp3) is 0.0476. The molecular formula is C63H47N. The van der Waals surface area contributed by atoms with Gasteiger partial charge in [0, 0.05) is 22.2 Å². The zero-order valence-electron chi connectivity index (χ0n) is 36.1. The van der Waals surface area contributed by atoms with E-state index in [0.717, 1.165) is 55.8 Å². The third-order valence-corrected chi connectivity index (χ3v) is 13.2. The van der Waals surface area contributed by atoms with Gasteiger partial charge in [-0.15, -0.1) is 0 Å². The Morgan fingerprint density at radius 1 is 0.266 bits per heavy atom. The molecule has 0 spiro atoms. The second-order valence-corrected chi connectivity index (χ2v) is 17.4. The topological polar surface area (TPSA) is 26.0 Å². The predicted octanol–water partition coefficient (Wildman–Crippen LogP) is 16.9. The highest BCUT2D eigenvalue weighted by Gasteiger charge is 2.43. The van der Waals surface area contributed by atoms with Gasteiger partial charge in [0.2, 0.25) is 0 Å². The van der Waals surface area contributed by atoms with Gasteiger partial charge in [-0.25, -0.2) is 0 Å². The van der Waals surface area contributed by atoms with Gasteiger partial charge in [-0.05, 0) is 124 Å². The van der Waals surface area contributed by atoms with Gasteiger partial charge < -0.3 is 5.73 Å². The minimum Gasteiger partial charge on any atom is -0.398 e. The Balaban J connectivity index is 1.29. The molecule has 0 amide bonds. The van der Waals surface area contributed by atoms with E-state index in [0.29, 0.717) is 0 Å². The van der Waals surface area contributed by atoms with Crippen molar-refractivity contribution in [2.45, 2.75) is 19.3 Å². The first-order valence-corrected chi connectivity index (χ1v) is 22.2. The zero-order chi connectivity index (χ0) is 43.2. The summed E-state index contributed by atoms with van der Waals surface area (Å²) in [7, 11) is 0. The molecule has 10 aromatic carbocycles. The fourth-order valence-electron chi connectivity index (χ4n) is 10.2. The van der Waals surface area contributed by atoms with Crippen molar-refractivity contribution < 1.29 is 0 Å². The Labute approximate surface area is 376 Å². The lowest BCUT2D eigenvalue weighted by molar-refractivity contribution is 0.662. The summed E-state index contributed by atoms with van der Waals surface area (Å²) < 4.78 is 0. The van der Waals surface area contributed by atoms with E-state index in [4.69, 9.17) is 5.73 Å². The molecule has 11 rings (SSSR count). The molecule has 64 heavy (non-hydrogen) atoms. The third-order valence-electron chi connectivity index (χ3n) is 13.2. The largest absolute Gasteiger partial charge is 0.398 e. The number of nitrogens with two attached hydrogens (primary N) is 1. The van der Waals surface area contributed by atoms with E-state index in [1.165, 1.54) is 61.2 Å². The smallest absolute Gasteiger partial charge is 0.0483 e. The molecule has 1 aliphatic carbocycles. The molecular weight excluding hydrogens is 771 g/mol. The minimum absolute atomic E-state index is 0.417. The van der Waals surface area contributed by atoms with Crippen molar-refractivity contribution in [1.29, 1.82) is 0 Å². The fourth-order valence-corrected chi connectivity index (χ4v) is 10.2. The van der Waals surface area contributed by atoms with Crippen molar-refractivity contribution in [3.8, 4) is 100 Å². The maximum Gasteiger partial charge on any atom is 0.0483 e. The first kappa shape index (κ1) is 38.9. The van der Waals surface area contributed by atoms with Crippen LogP contribution >= 0.6 is 0 Å². The molecule has 10 aromatic rings. The molecule has 0 saturated heterocycles. The molecule has 0 atom stereocenters. The lowest BCUT2D eigenvalue weighted by atomic mass is 9.74. The van der Waals surface area contributed by atoms with E-state index in [1.54, 1.807) is 0 Å². The van der Waals surface area contributed by atoms with Gasteiger partial charge in [-0.2, -0.15) is 0 Å². The molecule has 0 aromatic heterocycles. The first-order valence-electron chi connectivity index (χ1n) is 22.2. The van der Waals surface area contributed by atoms with Crippen LogP contribution in [0.3, 0.4) is 0 Å². The quantitative estimate of drug-likeness (QED) is 0.152. The standard InChI is InChI=1S/C63H47N/c1-63(2)55-37-19-36-54(50-32-15-28-46(38-50)42-20-7-3-8-21-42)59(55)60-56(51-33-16-29-47(39-51)43-22-9-4-10-23-43)57(52-34-17-30-48(40-52)44-24-11-5-12-25-44)62(64)58(61(60)63)53-35-18-31-49(41-53)45-26-13-6-14-27-45/h3-41H,64H2,1-2H3. The summed E-state index contributed by atoms with van der Waals surface area (Å²) >= 11 is 0. The van der Waals surface area contributed by atoms with Crippen molar-refractivity contribution in [3.63, 3.8) is 0 Å². The van der Waals surface area contributed by atoms with E-state index in [9.17, 15) is 0 Å².